The first-order valence-electron chi connectivity index (χ1n) is 6.95. The number of benzene rings is 1. The fourth-order valence-electron chi connectivity index (χ4n) is 2.11. The summed E-state index contributed by atoms with van der Waals surface area (Å²) in [6, 6.07) is 9.81. The van der Waals surface area contributed by atoms with Gasteiger partial charge in [0.15, 0.2) is 11.5 Å². The summed E-state index contributed by atoms with van der Waals surface area (Å²) in [4.78, 5) is 5.53. The Morgan fingerprint density at radius 1 is 1.18 bits per heavy atom. The van der Waals surface area contributed by atoms with Crippen LogP contribution in [0.2, 0.25) is 0 Å². The molecule has 1 aromatic carbocycles. The highest BCUT2D eigenvalue weighted by atomic mass is 32.1. The molecule has 3 aromatic rings. The lowest BCUT2D eigenvalue weighted by Crippen LogP contribution is -1.99. The van der Waals surface area contributed by atoms with Crippen LogP contribution in [-0.2, 0) is 6.61 Å². The van der Waals surface area contributed by atoms with Crippen LogP contribution in [0.3, 0.4) is 0 Å². The van der Waals surface area contributed by atoms with E-state index in [0.717, 1.165) is 27.6 Å². The maximum atomic E-state index is 5.84. The third-order valence-corrected chi connectivity index (χ3v) is 4.17. The van der Waals surface area contributed by atoms with Crippen molar-refractivity contribution in [2.75, 3.05) is 7.11 Å². The first-order chi connectivity index (χ1) is 10.7. The zero-order chi connectivity index (χ0) is 15.5. The van der Waals surface area contributed by atoms with E-state index in [4.69, 9.17) is 13.9 Å². The molecule has 3 rings (SSSR count). The van der Waals surface area contributed by atoms with Gasteiger partial charge in [0.25, 0.3) is 0 Å². The van der Waals surface area contributed by atoms with Crippen molar-refractivity contribution in [2.45, 2.75) is 20.5 Å². The van der Waals surface area contributed by atoms with Crippen molar-refractivity contribution in [2.24, 2.45) is 0 Å². The molecule has 0 saturated carbocycles. The van der Waals surface area contributed by atoms with E-state index >= 15 is 0 Å². The number of ether oxygens (including phenoxy) is 2. The topological polar surface area (TPSA) is 44.5 Å². The highest BCUT2D eigenvalue weighted by molar-refractivity contribution is 7.13. The van der Waals surface area contributed by atoms with Gasteiger partial charge in [0.2, 0.25) is 5.89 Å². The Bertz CT molecular complexity index is 762. The lowest BCUT2D eigenvalue weighted by molar-refractivity contribution is 0.279. The maximum Gasteiger partial charge on any atom is 0.236 e. The zero-order valence-electron chi connectivity index (χ0n) is 12.8. The maximum absolute atomic E-state index is 5.84. The van der Waals surface area contributed by atoms with Gasteiger partial charge >= 0.3 is 0 Å². The Balaban J connectivity index is 1.77. The van der Waals surface area contributed by atoms with Crippen molar-refractivity contribution >= 4 is 11.3 Å². The molecule has 0 bridgehead atoms. The van der Waals surface area contributed by atoms with E-state index in [-0.39, 0.29) is 0 Å². The summed E-state index contributed by atoms with van der Waals surface area (Å²) in [6.07, 6.45) is 0. The second-order valence-corrected chi connectivity index (χ2v) is 5.89. The SMILES string of the molecule is COc1cc(C)ccc1OCc1nc(-c2cccs2)oc1C. The number of methoxy groups -OCH3 is 1. The minimum Gasteiger partial charge on any atom is -0.493 e. The van der Waals surface area contributed by atoms with Crippen LogP contribution in [0, 0.1) is 13.8 Å². The number of hydrogen-bond donors (Lipinski definition) is 0. The summed E-state index contributed by atoms with van der Waals surface area (Å²) in [5.74, 6) is 2.84. The summed E-state index contributed by atoms with van der Waals surface area (Å²) < 4.78 is 16.9. The van der Waals surface area contributed by atoms with Gasteiger partial charge in [-0.15, -0.1) is 11.3 Å². The molecule has 4 nitrogen and oxygen atoms in total. The molecule has 5 heteroatoms. The predicted octanol–water partition coefficient (Wildman–Crippen LogP) is 4.61. The normalized spacial score (nSPS) is 10.7. The van der Waals surface area contributed by atoms with E-state index in [9.17, 15) is 0 Å². The van der Waals surface area contributed by atoms with Gasteiger partial charge in [-0.25, -0.2) is 4.98 Å². The van der Waals surface area contributed by atoms with Crippen molar-refractivity contribution < 1.29 is 13.9 Å². The van der Waals surface area contributed by atoms with Crippen LogP contribution in [0.4, 0.5) is 0 Å². The molecular formula is C17H17NO3S. The van der Waals surface area contributed by atoms with E-state index in [0.29, 0.717) is 18.2 Å². The van der Waals surface area contributed by atoms with Crippen LogP contribution < -0.4 is 9.47 Å². The van der Waals surface area contributed by atoms with Crippen molar-refractivity contribution in [3.63, 3.8) is 0 Å². The fraction of sp³-hybridized carbons (Fsp3) is 0.235. The van der Waals surface area contributed by atoms with Crippen LogP contribution in [-0.4, -0.2) is 12.1 Å². The fourth-order valence-corrected chi connectivity index (χ4v) is 2.76. The lowest BCUT2D eigenvalue weighted by Gasteiger charge is -2.10. The monoisotopic (exact) mass is 315 g/mol. The second-order valence-electron chi connectivity index (χ2n) is 4.94. The molecule has 0 amide bonds. The van der Waals surface area contributed by atoms with Gasteiger partial charge in [-0.05, 0) is 43.0 Å². The average Bonchev–Trinajstić information content (AvgIpc) is 3.15. The highest BCUT2D eigenvalue weighted by Gasteiger charge is 2.13. The van der Waals surface area contributed by atoms with E-state index in [1.165, 1.54) is 0 Å². The van der Waals surface area contributed by atoms with Crippen LogP contribution in [0.25, 0.3) is 10.8 Å². The molecule has 0 aliphatic carbocycles. The molecule has 2 aromatic heterocycles. The van der Waals surface area contributed by atoms with E-state index in [2.05, 4.69) is 4.98 Å². The minimum atomic E-state index is 0.347. The first kappa shape index (κ1) is 14.7. The third-order valence-electron chi connectivity index (χ3n) is 3.31. The number of nitrogens with zero attached hydrogens (tertiary/aromatic N) is 1. The summed E-state index contributed by atoms with van der Waals surface area (Å²) in [5, 5.41) is 2.00. The lowest BCUT2D eigenvalue weighted by atomic mass is 10.2. The second kappa shape index (κ2) is 6.23. The van der Waals surface area contributed by atoms with Crippen LogP contribution in [0.1, 0.15) is 17.0 Å². The number of aryl methyl sites for hydroxylation is 2. The van der Waals surface area contributed by atoms with Gasteiger partial charge < -0.3 is 13.9 Å². The number of aromatic nitrogens is 1. The molecule has 2 heterocycles. The van der Waals surface area contributed by atoms with Gasteiger partial charge in [-0.1, -0.05) is 12.1 Å². The summed E-state index contributed by atoms with van der Waals surface area (Å²) in [7, 11) is 1.64. The molecule has 0 unspecified atom stereocenters. The quantitative estimate of drug-likeness (QED) is 0.690. The van der Waals surface area contributed by atoms with Crippen molar-refractivity contribution in [1.82, 2.24) is 4.98 Å². The predicted molar refractivity (Wildman–Crippen MR) is 86.6 cm³/mol. The first-order valence-corrected chi connectivity index (χ1v) is 7.83. The van der Waals surface area contributed by atoms with Gasteiger partial charge in [-0.3, -0.25) is 0 Å². The van der Waals surface area contributed by atoms with E-state index in [1.807, 2.05) is 49.6 Å². The molecule has 22 heavy (non-hydrogen) atoms. The average molecular weight is 315 g/mol. The third kappa shape index (κ3) is 2.99. The molecule has 0 fully saturated rings. The number of oxazole rings is 1. The zero-order valence-corrected chi connectivity index (χ0v) is 13.6. The molecule has 0 N–H and O–H groups in total. The molecule has 114 valence electrons. The van der Waals surface area contributed by atoms with Gasteiger partial charge in [0.05, 0.1) is 12.0 Å². The van der Waals surface area contributed by atoms with Crippen molar-refractivity contribution in [1.29, 1.82) is 0 Å². The summed E-state index contributed by atoms with van der Waals surface area (Å²) in [5.41, 5.74) is 1.92. The number of rotatable bonds is 5. The smallest absolute Gasteiger partial charge is 0.236 e. The standard InChI is InChI=1S/C17H17NO3S/c1-11-6-7-14(15(9-11)19-3)20-10-13-12(2)21-17(18-13)16-5-4-8-22-16/h4-9H,10H2,1-3H3. The Hall–Kier alpha value is -2.27. The Morgan fingerprint density at radius 2 is 2.05 bits per heavy atom. The molecule has 0 radical (unpaired) electrons. The minimum absolute atomic E-state index is 0.347. The molecular weight excluding hydrogens is 298 g/mol. The van der Waals surface area contributed by atoms with Gasteiger partial charge in [0, 0.05) is 0 Å². The largest absolute Gasteiger partial charge is 0.493 e. The molecule has 0 aliphatic rings. The Morgan fingerprint density at radius 3 is 2.77 bits per heavy atom. The van der Waals surface area contributed by atoms with Crippen LogP contribution in [0.15, 0.2) is 40.1 Å². The van der Waals surface area contributed by atoms with Gasteiger partial charge in [-0.2, -0.15) is 0 Å². The van der Waals surface area contributed by atoms with Crippen LogP contribution >= 0.6 is 11.3 Å². The number of hydrogen-bond acceptors (Lipinski definition) is 5. The molecule has 0 saturated heterocycles. The molecule has 0 atom stereocenters. The van der Waals surface area contributed by atoms with Gasteiger partial charge in [0.1, 0.15) is 18.1 Å². The molecule has 0 aliphatic heterocycles. The molecule has 0 spiro atoms. The number of thiophene rings is 1. The van der Waals surface area contributed by atoms with Crippen LogP contribution in [0.5, 0.6) is 11.5 Å². The highest BCUT2D eigenvalue weighted by Crippen LogP contribution is 2.30. The van der Waals surface area contributed by atoms with E-state index < -0.39 is 0 Å². The summed E-state index contributed by atoms with van der Waals surface area (Å²) in [6.45, 7) is 4.26. The Kier molecular flexibility index (Phi) is 4.15. The van der Waals surface area contributed by atoms with Crippen molar-refractivity contribution in [3.8, 4) is 22.3 Å². The Labute approximate surface area is 133 Å². The van der Waals surface area contributed by atoms with Crippen molar-refractivity contribution in [3.05, 3.63) is 52.7 Å². The van der Waals surface area contributed by atoms with E-state index in [1.54, 1.807) is 18.4 Å². The summed E-state index contributed by atoms with van der Waals surface area (Å²) >= 11 is 1.60.